The van der Waals surface area contributed by atoms with Crippen molar-refractivity contribution in [2.24, 2.45) is 0 Å². The van der Waals surface area contributed by atoms with E-state index in [1.165, 1.54) is 35.2 Å². The number of hydrogen-bond acceptors (Lipinski definition) is 4. The van der Waals surface area contributed by atoms with Crippen molar-refractivity contribution >= 4 is 73.9 Å². The molecule has 0 aliphatic carbocycles. The second-order valence-electron chi connectivity index (χ2n) is 10.2. The first kappa shape index (κ1) is 34.6. The third-order valence-electron chi connectivity index (χ3n) is 6.95. The minimum Gasteiger partial charge on any atom is -0.354 e. The minimum atomic E-state index is -4.30. The molecule has 4 aromatic rings. The van der Waals surface area contributed by atoms with Gasteiger partial charge in [-0.2, -0.15) is 0 Å². The zero-order chi connectivity index (χ0) is 32.6. The van der Waals surface area contributed by atoms with E-state index in [4.69, 9.17) is 46.4 Å². The number of benzene rings is 4. The molecular formula is C33H31Cl4N3O4S. The number of carbonyl (C=O) groups excluding carboxylic acids is 2. The second-order valence-corrected chi connectivity index (χ2v) is 13.8. The minimum absolute atomic E-state index is 0.0755. The van der Waals surface area contributed by atoms with E-state index in [9.17, 15) is 18.0 Å². The molecule has 7 nitrogen and oxygen atoms in total. The fourth-order valence-electron chi connectivity index (χ4n) is 4.65. The summed E-state index contributed by atoms with van der Waals surface area (Å²) in [6.07, 6.45) is 0.858. The summed E-state index contributed by atoms with van der Waals surface area (Å²) in [5.41, 5.74) is 1.52. The Hall–Kier alpha value is -3.27. The Labute approximate surface area is 283 Å². The Bertz CT molecular complexity index is 1740. The zero-order valence-corrected chi connectivity index (χ0v) is 28.1. The first-order chi connectivity index (χ1) is 21.5. The Morgan fingerprint density at radius 1 is 0.800 bits per heavy atom. The van der Waals surface area contributed by atoms with Crippen molar-refractivity contribution in [3.05, 3.63) is 128 Å². The molecule has 1 N–H and O–H groups in total. The Morgan fingerprint density at radius 3 is 2.11 bits per heavy atom. The van der Waals surface area contributed by atoms with Crippen molar-refractivity contribution in [1.82, 2.24) is 10.2 Å². The van der Waals surface area contributed by atoms with Gasteiger partial charge in [-0.15, -0.1) is 0 Å². The SMILES string of the molecule is CCCNC(=O)[C@H](Cc1ccccc1)N(Cc1ccc(Cl)cc1Cl)C(=O)CN(c1cccc(Cl)c1)S(=O)(=O)c1ccc(Cl)cc1. The van der Waals surface area contributed by atoms with Crippen LogP contribution in [-0.4, -0.2) is 44.3 Å². The molecule has 0 saturated carbocycles. The molecule has 4 rings (SSSR count). The third-order valence-corrected chi connectivity index (χ3v) is 9.81. The van der Waals surface area contributed by atoms with E-state index in [2.05, 4.69) is 5.32 Å². The summed E-state index contributed by atoms with van der Waals surface area (Å²) < 4.78 is 29.1. The Kier molecular flexibility index (Phi) is 12.2. The lowest BCUT2D eigenvalue weighted by Gasteiger charge is -2.34. The zero-order valence-electron chi connectivity index (χ0n) is 24.3. The van der Waals surface area contributed by atoms with Crippen LogP contribution < -0.4 is 9.62 Å². The smallest absolute Gasteiger partial charge is 0.264 e. The standard InChI is InChI=1S/C33H31Cl4N3O4S/c1-2-17-38-33(42)31(18-23-7-4-3-5-8-23)39(21-24-11-12-27(36)20-30(24)37)32(41)22-40(28-10-6-9-26(35)19-28)45(43,44)29-15-13-25(34)14-16-29/h3-16,19-20,31H,2,17-18,21-22H2,1H3,(H,38,42)/t31-/m0/s1. The summed E-state index contributed by atoms with van der Waals surface area (Å²) in [7, 11) is -4.30. The van der Waals surface area contributed by atoms with Crippen LogP contribution in [0.4, 0.5) is 5.69 Å². The number of nitrogens with zero attached hydrogens (tertiary/aromatic N) is 2. The molecular weight excluding hydrogens is 676 g/mol. The molecule has 0 fully saturated rings. The molecule has 0 aromatic heterocycles. The number of nitrogens with one attached hydrogen (secondary N) is 1. The third kappa shape index (κ3) is 9.15. The van der Waals surface area contributed by atoms with Crippen LogP contribution in [-0.2, 0) is 32.6 Å². The molecule has 0 unspecified atom stereocenters. The fraction of sp³-hybridized carbons (Fsp3) is 0.212. The first-order valence-corrected chi connectivity index (χ1v) is 17.0. The quantitative estimate of drug-likeness (QED) is 0.155. The molecule has 0 aliphatic rings. The predicted molar refractivity (Wildman–Crippen MR) is 182 cm³/mol. The Balaban J connectivity index is 1.82. The summed E-state index contributed by atoms with van der Waals surface area (Å²) in [4.78, 5) is 29.5. The number of halogens is 4. The number of sulfonamides is 1. The van der Waals surface area contributed by atoms with Crippen LogP contribution in [0.15, 0.2) is 102 Å². The first-order valence-electron chi connectivity index (χ1n) is 14.1. The van der Waals surface area contributed by atoms with Crippen LogP contribution >= 0.6 is 46.4 Å². The lowest BCUT2D eigenvalue weighted by atomic mass is 10.0. The van der Waals surface area contributed by atoms with Crippen molar-refractivity contribution in [2.45, 2.75) is 37.2 Å². The molecule has 0 heterocycles. The van der Waals surface area contributed by atoms with Gasteiger partial charge in [0.05, 0.1) is 10.6 Å². The van der Waals surface area contributed by atoms with Crippen LogP contribution in [0.25, 0.3) is 0 Å². The maximum absolute atomic E-state index is 14.5. The van der Waals surface area contributed by atoms with Crippen LogP contribution in [0.2, 0.25) is 20.1 Å². The van der Waals surface area contributed by atoms with Gasteiger partial charge in [0.2, 0.25) is 11.8 Å². The highest BCUT2D eigenvalue weighted by Gasteiger charge is 2.35. The predicted octanol–water partition coefficient (Wildman–Crippen LogP) is 7.66. The van der Waals surface area contributed by atoms with Crippen LogP contribution in [0.1, 0.15) is 24.5 Å². The molecule has 0 spiro atoms. The molecule has 0 radical (unpaired) electrons. The fourth-order valence-corrected chi connectivity index (χ4v) is 6.83. The van der Waals surface area contributed by atoms with Gasteiger partial charge in [-0.3, -0.25) is 13.9 Å². The van der Waals surface area contributed by atoms with Gasteiger partial charge < -0.3 is 10.2 Å². The average Bonchev–Trinajstić information content (AvgIpc) is 3.01. The maximum atomic E-state index is 14.5. The molecule has 2 amide bonds. The largest absolute Gasteiger partial charge is 0.354 e. The number of rotatable bonds is 13. The van der Waals surface area contributed by atoms with E-state index in [0.29, 0.717) is 33.6 Å². The van der Waals surface area contributed by atoms with Gasteiger partial charge in [-0.25, -0.2) is 8.42 Å². The van der Waals surface area contributed by atoms with Crippen molar-refractivity contribution < 1.29 is 18.0 Å². The highest BCUT2D eigenvalue weighted by atomic mass is 35.5. The molecule has 0 bridgehead atoms. The van der Waals surface area contributed by atoms with Crippen molar-refractivity contribution in [3.63, 3.8) is 0 Å². The number of hydrogen-bond donors (Lipinski definition) is 1. The molecule has 45 heavy (non-hydrogen) atoms. The van der Waals surface area contributed by atoms with Crippen LogP contribution in [0.5, 0.6) is 0 Å². The van der Waals surface area contributed by atoms with Crippen molar-refractivity contribution in [1.29, 1.82) is 0 Å². The van der Waals surface area contributed by atoms with E-state index in [-0.39, 0.29) is 34.5 Å². The lowest BCUT2D eigenvalue weighted by molar-refractivity contribution is -0.140. The van der Waals surface area contributed by atoms with Gasteiger partial charge in [0.25, 0.3) is 10.0 Å². The highest BCUT2D eigenvalue weighted by molar-refractivity contribution is 7.92. The topological polar surface area (TPSA) is 86.8 Å². The second kappa shape index (κ2) is 15.8. The van der Waals surface area contributed by atoms with Crippen molar-refractivity contribution in [3.8, 4) is 0 Å². The maximum Gasteiger partial charge on any atom is 0.264 e. The molecule has 0 saturated heterocycles. The summed E-state index contributed by atoms with van der Waals surface area (Å²) >= 11 is 25.0. The van der Waals surface area contributed by atoms with Crippen LogP contribution in [0, 0.1) is 0 Å². The van der Waals surface area contributed by atoms with Crippen LogP contribution in [0.3, 0.4) is 0 Å². The highest BCUT2D eigenvalue weighted by Crippen LogP contribution is 2.29. The lowest BCUT2D eigenvalue weighted by Crippen LogP contribution is -2.53. The van der Waals surface area contributed by atoms with Gasteiger partial charge >= 0.3 is 0 Å². The van der Waals surface area contributed by atoms with E-state index in [0.717, 1.165) is 9.87 Å². The van der Waals surface area contributed by atoms with Gasteiger partial charge in [-0.1, -0.05) is 95.8 Å². The normalized spacial score (nSPS) is 11.9. The van der Waals surface area contributed by atoms with E-state index < -0.39 is 28.5 Å². The van der Waals surface area contributed by atoms with Gasteiger partial charge in [-0.05, 0) is 72.1 Å². The molecule has 236 valence electrons. The number of anilines is 1. The molecule has 4 aromatic carbocycles. The van der Waals surface area contributed by atoms with Crippen molar-refractivity contribution in [2.75, 3.05) is 17.4 Å². The molecule has 0 aliphatic heterocycles. The molecule has 1 atom stereocenters. The summed E-state index contributed by atoms with van der Waals surface area (Å²) in [6.45, 7) is 1.60. The number of amides is 2. The van der Waals surface area contributed by atoms with E-state index >= 15 is 0 Å². The van der Waals surface area contributed by atoms with Gasteiger partial charge in [0.1, 0.15) is 12.6 Å². The average molecular weight is 708 g/mol. The van der Waals surface area contributed by atoms with E-state index in [1.54, 1.807) is 36.4 Å². The summed E-state index contributed by atoms with van der Waals surface area (Å²) in [5.74, 6) is -1.01. The van der Waals surface area contributed by atoms with Gasteiger partial charge in [0, 0.05) is 39.6 Å². The number of carbonyl (C=O) groups is 2. The molecule has 12 heteroatoms. The summed E-state index contributed by atoms with van der Waals surface area (Å²) in [5, 5.41) is 4.24. The van der Waals surface area contributed by atoms with Gasteiger partial charge in [0.15, 0.2) is 0 Å². The monoisotopic (exact) mass is 705 g/mol. The van der Waals surface area contributed by atoms with E-state index in [1.807, 2.05) is 37.3 Å². The summed E-state index contributed by atoms with van der Waals surface area (Å²) in [6, 6.07) is 25.0. The Morgan fingerprint density at radius 2 is 1.47 bits per heavy atom.